The molecule has 0 bridgehead atoms. The van der Waals surface area contributed by atoms with Crippen molar-refractivity contribution in [1.29, 1.82) is 5.41 Å². The summed E-state index contributed by atoms with van der Waals surface area (Å²) in [5.41, 5.74) is 5.75. The fraction of sp³-hybridized carbons (Fsp3) is 0.0625. The lowest BCUT2D eigenvalue weighted by atomic mass is 10.1. The van der Waals surface area contributed by atoms with E-state index < -0.39 is 17.6 Å². The number of benzene rings is 1. The molecule has 1 aromatic carbocycles. The van der Waals surface area contributed by atoms with E-state index in [-0.39, 0.29) is 11.3 Å². The van der Waals surface area contributed by atoms with Crippen LogP contribution in [-0.4, -0.2) is 20.6 Å². The van der Waals surface area contributed by atoms with E-state index in [0.29, 0.717) is 0 Å². The van der Waals surface area contributed by atoms with E-state index >= 15 is 0 Å². The first kappa shape index (κ1) is 15.7. The van der Waals surface area contributed by atoms with E-state index in [0.717, 1.165) is 17.2 Å². The fourth-order valence-corrected chi connectivity index (χ4v) is 2.30. The van der Waals surface area contributed by atoms with Gasteiger partial charge in [0.25, 0.3) is 0 Å². The van der Waals surface area contributed by atoms with Crippen LogP contribution in [0.25, 0.3) is 16.8 Å². The first-order valence-electron chi connectivity index (χ1n) is 6.87. The standard InChI is InChI=1S/C16H12F3N5/c17-16(18,19)14-7-12(1-2-13(14)15(20)21)24-9-11(8-23-24)10-3-5-22-6-4-10/h1-9H,(H3,20,21). The first-order chi connectivity index (χ1) is 11.4. The predicted molar refractivity (Wildman–Crippen MR) is 82.8 cm³/mol. The van der Waals surface area contributed by atoms with Crippen LogP contribution in [0.3, 0.4) is 0 Å². The highest BCUT2D eigenvalue weighted by Gasteiger charge is 2.34. The minimum Gasteiger partial charge on any atom is -0.384 e. The number of aromatic nitrogens is 3. The number of rotatable bonds is 3. The molecule has 0 radical (unpaired) electrons. The molecule has 0 atom stereocenters. The SMILES string of the molecule is N=C(N)c1ccc(-n2cc(-c3ccncc3)cn2)cc1C(F)(F)F. The van der Waals surface area contributed by atoms with Crippen LogP contribution < -0.4 is 5.73 Å². The molecule has 24 heavy (non-hydrogen) atoms. The Balaban J connectivity index is 2.05. The van der Waals surface area contributed by atoms with Crippen molar-refractivity contribution in [2.75, 3.05) is 0 Å². The minimum absolute atomic E-state index is 0.229. The van der Waals surface area contributed by atoms with Crippen molar-refractivity contribution in [3.8, 4) is 16.8 Å². The maximum absolute atomic E-state index is 13.2. The number of halogens is 3. The Labute approximate surface area is 135 Å². The molecule has 0 amide bonds. The van der Waals surface area contributed by atoms with Crippen LogP contribution in [0.4, 0.5) is 13.2 Å². The van der Waals surface area contributed by atoms with Gasteiger partial charge in [0.05, 0.1) is 17.4 Å². The average molecular weight is 331 g/mol. The molecule has 0 aliphatic heterocycles. The van der Waals surface area contributed by atoms with Gasteiger partial charge in [-0.25, -0.2) is 4.68 Å². The molecule has 0 fully saturated rings. The van der Waals surface area contributed by atoms with Crippen molar-refractivity contribution in [3.05, 3.63) is 66.2 Å². The summed E-state index contributed by atoms with van der Waals surface area (Å²) in [4.78, 5) is 3.92. The molecule has 122 valence electrons. The average Bonchev–Trinajstić information content (AvgIpc) is 3.04. The zero-order chi connectivity index (χ0) is 17.3. The van der Waals surface area contributed by atoms with Gasteiger partial charge in [0.2, 0.25) is 0 Å². The Morgan fingerprint density at radius 3 is 2.42 bits per heavy atom. The van der Waals surface area contributed by atoms with E-state index in [4.69, 9.17) is 11.1 Å². The third-order valence-corrected chi connectivity index (χ3v) is 3.46. The molecular formula is C16H12F3N5. The van der Waals surface area contributed by atoms with Crippen LogP contribution in [0, 0.1) is 5.41 Å². The molecule has 2 heterocycles. The third-order valence-electron chi connectivity index (χ3n) is 3.46. The van der Waals surface area contributed by atoms with Crippen molar-refractivity contribution in [3.63, 3.8) is 0 Å². The third kappa shape index (κ3) is 2.98. The number of nitrogen functional groups attached to an aromatic ring is 1. The summed E-state index contributed by atoms with van der Waals surface area (Å²) in [6.07, 6.45) is 1.81. The summed E-state index contributed by atoms with van der Waals surface area (Å²) in [5.74, 6) is -0.633. The number of nitrogens with zero attached hydrogens (tertiary/aromatic N) is 3. The fourth-order valence-electron chi connectivity index (χ4n) is 2.30. The lowest BCUT2D eigenvalue weighted by Crippen LogP contribution is -2.19. The van der Waals surface area contributed by atoms with E-state index in [1.165, 1.54) is 16.8 Å². The number of nitrogens with two attached hydrogens (primary N) is 1. The molecule has 3 N–H and O–H groups in total. The maximum atomic E-state index is 13.2. The van der Waals surface area contributed by atoms with Gasteiger partial charge in [-0.05, 0) is 35.9 Å². The molecule has 0 aliphatic carbocycles. The van der Waals surface area contributed by atoms with Gasteiger partial charge < -0.3 is 5.73 Å². The first-order valence-corrected chi connectivity index (χ1v) is 6.87. The second-order valence-electron chi connectivity index (χ2n) is 5.05. The van der Waals surface area contributed by atoms with Gasteiger partial charge in [0.1, 0.15) is 5.84 Å². The molecule has 3 rings (SSSR count). The highest BCUT2D eigenvalue weighted by Crippen LogP contribution is 2.33. The van der Waals surface area contributed by atoms with Crippen LogP contribution in [-0.2, 0) is 6.18 Å². The van der Waals surface area contributed by atoms with Gasteiger partial charge in [-0.1, -0.05) is 0 Å². The Kier molecular flexibility index (Phi) is 3.80. The van der Waals surface area contributed by atoms with Crippen LogP contribution in [0.1, 0.15) is 11.1 Å². The number of alkyl halides is 3. The largest absolute Gasteiger partial charge is 0.417 e. The summed E-state index contributed by atoms with van der Waals surface area (Å²) in [6.45, 7) is 0. The highest BCUT2D eigenvalue weighted by atomic mass is 19.4. The molecular weight excluding hydrogens is 319 g/mol. The Morgan fingerprint density at radius 2 is 1.79 bits per heavy atom. The smallest absolute Gasteiger partial charge is 0.384 e. The summed E-state index contributed by atoms with van der Waals surface area (Å²) < 4.78 is 40.9. The van der Waals surface area contributed by atoms with Gasteiger partial charge in [-0.2, -0.15) is 18.3 Å². The van der Waals surface area contributed by atoms with Gasteiger partial charge in [-0.15, -0.1) is 0 Å². The highest BCUT2D eigenvalue weighted by molar-refractivity contribution is 5.96. The van der Waals surface area contributed by atoms with Crippen LogP contribution in [0.15, 0.2) is 55.1 Å². The van der Waals surface area contributed by atoms with Gasteiger partial charge in [0, 0.05) is 29.7 Å². The minimum atomic E-state index is -4.61. The van der Waals surface area contributed by atoms with Gasteiger partial charge in [0.15, 0.2) is 0 Å². The molecule has 0 saturated carbocycles. The zero-order valence-corrected chi connectivity index (χ0v) is 12.2. The second kappa shape index (κ2) is 5.80. The number of pyridine rings is 1. The quantitative estimate of drug-likeness (QED) is 0.571. The second-order valence-corrected chi connectivity index (χ2v) is 5.05. The summed E-state index contributed by atoms with van der Waals surface area (Å²) in [6, 6.07) is 7.10. The van der Waals surface area contributed by atoms with E-state index in [2.05, 4.69) is 10.1 Å². The molecule has 0 aliphatic rings. The molecule has 0 spiro atoms. The Morgan fingerprint density at radius 1 is 1.08 bits per heavy atom. The van der Waals surface area contributed by atoms with Crippen molar-refractivity contribution >= 4 is 5.84 Å². The van der Waals surface area contributed by atoms with Gasteiger partial charge in [-0.3, -0.25) is 10.4 Å². The van der Waals surface area contributed by atoms with Crippen LogP contribution in [0.5, 0.6) is 0 Å². The number of hydrogen-bond donors (Lipinski definition) is 2. The lowest BCUT2D eigenvalue weighted by Gasteiger charge is -2.13. The van der Waals surface area contributed by atoms with Crippen molar-refractivity contribution in [2.45, 2.75) is 6.18 Å². The van der Waals surface area contributed by atoms with Crippen LogP contribution >= 0.6 is 0 Å². The molecule has 5 nitrogen and oxygen atoms in total. The number of amidine groups is 1. The van der Waals surface area contributed by atoms with Crippen LogP contribution in [0.2, 0.25) is 0 Å². The van der Waals surface area contributed by atoms with E-state index in [9.17, 15) is 13.2 Å². The molecule has 3 aromatic rings. The zero-order valence-electron chi connectivity index (χ0n) is 12.2. The van der Waals surface area contributed by atoms with Crippen molar-refractivity contribution in [2.24, 2.45) is 5.73 Å². The van der Waals surface area contributed by atoms with Gasteiger partial charge >= 0.3 is 6.18 Å². The normalized spacial score (nSPS) is 11.5. The maximum Gasteiger partial charge on any atom is 0.417 e. The van der Waals surface area contributed by atoms with Crippen molar-refractivity contribution < 1.29 is 13.2 Å². The number of nitrogens with one attached hydrogen (secondary N) is 1. The predicted octanol–water partition coefficient (Wildman–Crippen LogP) is 3.24. The number of hydrogen-bond acceptors (Lipinski definition) is 3. The summed E-state index contributed by atoms with van der Waals surface area (Å²) >= 11 is 0. The Bertz CT molecular complexity index is 884. The Hall–Kier alpha value is -3.16. The van der Waals surface area contributed by atoms with Crippen molar-refractivity contribution in [1.82, 2.24) is 14.8 Å². The monoisotopic (exact) mass is 331 g/mol. The summed E-state index contributed by atoms with van der Waals surface area (Å²) in [7, 11) is 0. The topological polar surface area (TPSA) is 80.6 Å². The molecule has 0 saturated heterocycles. The molecule has 0 unspecified atom stereocenters. The molecule has 2 aromatic heterocycles. The lowest BCUT2D eigenvalue weighted by molar-refractivity contribution is -0.137. The van der Waals surface area contributed by atoms with E-state index in [1.807, 2.05) is 0 Å². The summed E-state index contributed by atoms with van der Waals surface area (Å²) in [5, 5.41) is 11.4. The molecule has 8 heteroatoms. The van der Waals surface area contributed by atoms with E-state index in [1.54, 1.807) is 36.9 Å².